The first-order valence-electron chi connectivity index (χ1n) is 7.88. The number of hydrogen-bond donors (Lipinski definition) is 1. The van der Waals surface area contributed by atoms with Crippen LogP contribution in [0.4, 0.5) is 0 Å². The molecule has 0 spiro atoms. The van der Waals surface area contributed by atoms with Crippen LogP contribution in [-0.2, 0) is 6.54 Å². The average Bonchev–Trinajstić information content (AvgIpc) is 3.29. The number of nitrogens with zero attached hydrogens (tertiary/aromatic N) is 6. The minimum Gasteiger partial charge on any atom is -0.347 e. The van der Waals surface area contributed by atoms with E-state index in [1.165, 1.54) is 6.42 Å². The summed E-state index contributed by atoms with van der Waals surface area (Å²) >= 11 is 0. The molecule has 23 heavy (non-hydrogen) atoms. The Labute approximate surface area is 134 Å². The molecule has 0 radical (unpaired) electrons. The maximum Gasteiger partial charge on any atom is 0.156 e. The molecule has 1 aliphatic heterocycles. The van der Waals surface area contributed by atoms with E-state index >= 15 is 0 Å². The third kappa shape index (κ3) is 3.14. The lowest BCUT2D eigenvalue weighted by atomic mass is 9.95. The van der Waals surface area contributed by atoms with E-state index in [-0.39, 0.29) is 0 Å². The summed E-state index contributed by atoms with van der Waals surface area (Å²) in [4.78, 5) is 22.9. The molecule has 7 nitrogen and oxygen atoms in total. The molecule has 0 amide bonds. The van der Waals surface area contributed by atoms with Gasteiger partial charge in [-0.1, -0.05) is 0 Å². The fourth-order valence-corrected chi connectivity index (χ4v) is 3.14. The number of imidazole rings is 2. The van der Waals surface area contributed by atoms with E-state index in [0.717, 1.165) is 43.3 Å². The molecular weight excluding hydrogens is 290 g/mol. The van der Waals surface area contributed by atoms with Gasteiger partial charge in [0.05, 0.1) is 18.2 Å². The van der Waals surface area contributed by atoms with Crippen molar-refractivity contribution >= 4 is 0 Å². The molecule has 4 rings (SSSR count). The van der Waals surface area contributed by atoms with E-state index in [9.17, 15) is 0 Å². The lowest BCUT2D eigenvalue weighted by Crippen LogP contribution is -2.34. The lowest BCUT2D eigenvalue weighted by molar-refractivity contribution is 0.196. The number of rotatable bonds is 4. The quantitative estimate of drug-likeness (QED) is 0.795. The van der Waals surface area contributed by atoms with Crippen molar-refractivity contribution in [2.75, 3.05) is 13.1 Å². The highest BCUT2D eigenvalue weighted by Crippen LogP contribution is 2.26. The Morgan fingerprint density at radius 2 is 2.17 bits per heavy atom. The zero-order valence-electron chi connectivity index (χ0n) is 12.8. The van der Waals surface area contributed by atoms with Crippen LogP contribution in [0.5, 0.6) is 0 Å². The van der Waals surface area contributed by atoms with Crippen molar-refractivity contribution in [2.24, 2.45) is 0 Å². The molecule has 3 aromatic heterocycles. The van der Waals surface area contributed by atoms with Crippen molar-refractivity contribution in [1.82, 2.24) is 34.4 Å². The summed E-state index contributed by atoms with van der Waals surface area (Å²) in [5.41, 5.74) is 2.22. The molecule has 1 aliphatic rings. The minimum absolute atomic E-state index is 0.419. The second-order valence-corrected chi connectivity index (χ2v) is 5.92. The van der Waals surface area contributed by atoms with Crippen LogP contribution in [0.15, 0.2) is 43.6 Å². The second-order valence-electron chi connectivity index (χ2n) is 5.92. The molecule has 0 aromatic carbocycles. The molecular formula is C16H19N7. The van der Waals surface area contributed by atoms with E-state index in [2.05, 4.69) is 24.8 Å². The van der Waals surface area contributed by atoms with Gasteiger partial charge < -0.3 is 4.98 Å². The number of piperidine rings is 1. The Morgan fingerprint density at radius 1 is 1.17 bits per heavy atom. The summed E-state index contributed by atoms with van der Waals surface area (Å²) in [6, 6.07) is 0. The third-order valence-corrected chi connectivity index (χ3v) is 4.28. The average molecular weight is 309 g/mol. The maximum atomic E-state index is 4.78. The zero-order valence-corrected chi connectivity index (χ0v) is 12.8. The van der Waals surface area contributed by atoms with Crippen LogP contribution in [0, 0.1) is 0 Å². The van der Waals surface area contributed by atoms with Crippen molar-refractivity contribution in [3.8, 4) is 5.82 Å². The Morgan fingerprint density at radius 3 is 3.00 bits per heavy atom. The first kappa shape index (κ1) is 14.1. The van der Waals surface area contributed by atoms with E-state index in [1.807, 2.05) is 23.2 Å². The van der Waals surface area contributed by atoms with Gasteiger partial charge in [-0.2, -0.15) is 0 Å². The summed E-state index contributed by atoms with van der Waals surface area (Å²) in [5, 5.41) is 0. The fourth-order valence-electron chi connectivity index (χ4n) is 3.14. The molecule has 1 saturated heterocycles. The van der Waals surface area contributed by atoms with E-state index in [0.29, 0.717) is 5.92 Å². The zero-order chi connectivity index (χ0) is 15.5. The molecule has 4 heterocycles. The Kier molecular flexibility index (Phi) is 3.85. The topological polar surface area (TPSA) is 75.5 Å². The number of nitrogens with one attached hydrogen (secondary N) is 1. The van der Waals surface area contributed by atoms with Gasteiger partial charge in [-0.05, 0) is 19.4 Å². The van der Waals surface area contributed by atoms with Crippen LogP contribution < -0.4 is 0 Å². The van der Waals surface area contributed by atoms with Gasteiger partial charge in [-0.15, -0.1) is 0 Å². The normalized spacial score (nSPS) is 19.0. The van der Waals surface area contributed by atoms with Gasteiger partial charge in [0.2, 0.25) is 0 Å². The summed E-state index contributed by atoms with van der Waals surface area (Å²) in [6.07, 6.45) is 15.0. The molecule has 1 atom stereocenters. The number of H-pyrrole nitrogens is 1. The molecule has 1 unspecified atom stereocenters. The lowest BCUT2D eigenvalue weighted by Gasteiger charge is -2.32. The van der Waals surface area contributed by atoms with Crippen LogP contribution in [0.2, 0.25) is 0 Å². The summed E-state index contributed by atoms with van der Waals surface area (Å²) in [7, 11) is 0. The molecule has 0 saturated carbocycles. The van der Waals surface area contributed by atoms with Crippen LogP contribution in [0.3, 0.4) is 0 Å². The van der Waals surface area contributed by atoms with Crippen molar-refractivity contribution in [3.05, 3.63) is 55.0 Å². The predicted molar refractivity (Wildman–Crippen MR) is 85.0 cm³/mol. The number of aromatic nitrogens is 6. The molecule has 1 fully saturated rings. The molecule has 7 heteroatoms. The first-order chi connectivity index (χ1) is 11.4. The minimum atomic E-state index is 0.419. The SMILES string of the molecule is c1cn(-c2cncc(C3CCCN(Cc4cnc[nH]4)C3)n2)cn1. The second kappa shape index (κ2) is 6.29. The van der Waals surface area contributed by atoms with Crippen molar-refractivity contribution < 1.29 is 0 Å². The van der Waals surface area contributed by atoms with Crippen LogP contribution >= 0.6 is 0 Å². The third-order valence-electron chi connectivity index (χ3n) is 4.28. The van der Waals surface area contributed by atoms with Gasteiger partial charge >= 0.3 is 0 Å². The Balaban J connectivity index is 1.50. The Hall–Kier alpha value is -2.54. The van der Waals surface area contributed by atoms with Crippen LogP contribution in [-0.4, -0.2) is 47.5 Å². The highest BCUT2D eigenvalue weighted by Gasteiger charge is 2.23. The molecule has 1 N–H and O–H groups in total. The van der Waals surface area contributed by atoms with Gasteiger partial charge in [-0.3, -0.25) is 14.5 Å². The van der Waals surface area contributed by atoms with Gasteiger partial charge in [0.1, 0.15) is 6.33 Å². The van der Waals surface area contributed by atoms with Gasteiger partial charge in [-0.25, -0.2) is 15.0 Å². The van der Waals surface area contributed by atoms with Gasteiger partial charge in [0, 0.05) is 49.5 Å². The number of hydrogen-bond acceptors (Lipinski definition) is 5. The standard InChI is InChI=1S/C16H19N7/c1-2-13(9-22(4-1)10-14-6-19-11-20-14)15-7-18-8-16(21-15)23-5-3-17-12-23/h3,5-8,11-13H,1-2,4,9-10H2,(H,19,20). The van der Waals surface area contributed by atoms with Gasteiger partial charge in [0.25, 0.3) is 0 Å². The largest absolute Gasteiger partial charge is 0.347 e. The molecule has 0 bridgehead atoms. The molecule has 118 valence electrons. The summed E-state index contributed by atoms with van der Waals surface area (Å²) in [6.45, 7) is 3.02. The first-order valence-corrected chi connectivity index (χ1v) is 7.88. The molecule has 0 aliphatic carbocycles. The van der Waals surface area contributed by atoms with E-state index in [1.54, 1.807) is 25.0 Å². The van der Waals surface area contributed by atoms with Crippen molar-refractivity contribution in [1.29, 1.82) is 0 Å². The van der Waals surface area contributed by atoms with Crippen LogP contribution in [0.1, 0.15) is 30.1 Å². The van der Waals surface area contributed by atoms with Gasteiger partial charge in [0.15, 0.2) is 5.82 Å². The van der Waals surface area contributed by atoms with Crippen molar-refractivity contribution in [2.45, 2.75) is 25.3 Å². The number of likely N-dealkylation sites (tertiary alicyclic amines) is 1. The Bertz CT molecular complexity index is 736. The smallest absolute Gasteiger partial charge is 0.156 e. The van der Waals surface area contributed by atoms with E-state index < -0.39 is 0 Å². The highest BCUT2D eigenvalue weighted by molar-refractivity contribution is 5.21. The summed E-state index contributed by atoms with van der Waals surface area (Å²) < 4.78 is 1.89. The summed E-state index contributed by atoms with van der Waals surface area (Å²) in [5.74, 6) is 1.24. The van der Waals surface area contributed by atoms with Crippen molar-refractivity contribution in [3.63, 3.8) is 0 Å². The predicted octanol–water partition coefficient (Wildman–Crippen LogP) is 1.76. The maximum absolute atomic E-state index is 4.78. The van der Waals surface area contributed by atoms with Crippen LogP contribution in [0.25, 0.3) is 5.82 Å². The monoisotopic (exact) mass is 309 g/mol. The molecule has 3 aromatic rings. The fraction of sp³-hybridized carbons (Fsp3) is 0.375. The van der Waals surface area contributed by atoms with E-state index in [4.69, 9.17) is 4.98 Å². The highest BCUT2D eigenvalue weighted by atomic mass is 15.2. The number of aromatic amines is 1.